The van der Waals surface area contributed by atoms with Gasteiger partial charge < -0.3 is 19.9 Å². The second kappa shape index (κ2) is 9.84. The molecule has 0 heterocycles. The monoisotopic (exact) mass is 322 g/mol. The number of amides is 2. The van der Waals surface area contributed by atoms with Gasteiger partial charge >= 0.3 is 0 Å². The maximum atomic E-state index is 12.0. The fraction of sp³-hybridized carbons (Fsp3) is 0.529. The molecular weight excluding hydrogens is 294 g/mol. The molecule has 1 aromatic carbocycles. The molecule has 0 aliphatic carbocycles. The van der Waals surface area contributed by atoms with E-state index in [1.54, 1.807) is 12.0 Å². The van der Waals surface area contributed by atoms with E-state index in [4.69, 9.17) is 4.74 Å². The number of carbonyl (C=O) groups is 2. The number of hydrogen-bond acceptors (Lipinski definition) is 3. The first-order valence-electron chi connectivity index (χ1n) is 7.98. The van der Waals surface area contributed by atoms with Gasteiger partial charge in [-0.3, -0.25) is 9.59 Å². The Labute approximate surface area is 138 Å². The molecule has 0 saturated heterocycles. The van der Waals surface area contributed by atoms with Gasteiger partial charge in [-0.25, -0.2) is 0 Å². The van der Waals surface area contributed by atoms with E-state index in [0.29, 0.717) is 26.2 Å². The van der Waals surface area contributed by atoms with E-state index in [1.807, 2.05) is 45.2 Å². The molecule has 6 heteroatoms. The number of carbonyl (C=O) groups excluding carboxylic acids is 2. The van der Waals surface area contributed by atoms with Crippen LogP contribution in [0.15, 0.2) is 24.3 Å². The van der Waals surface area contributed by atoms with Crippen LogP contribution in [0, 0.1) is 0 Å². The summed E-state index contributed by atoms with van der Waals surface area (Å²) in [5.41, 5.74) is 1.01. The molecule has 6 nitrogen and oxygen atoms in total. The first-order valence-corrected chi connectivity index (χ1v) is 7.98. The summed E-state index contributed by atoms with van der Waals surface area (Å²) in [4.78, 5) is 26.6. The predicted molar refractivity (Wildman–Crippen MR) is 89.4 cm³/mol. The predicted octanol–water partition coefficient (Wildman–Crippen LogP) is -0.305. The highest BCUT2D eigenvalue weighted by Crippen LogP contribution is 2.10. The van der Waals surface area contributed by atoms with Gasteiger partial charge in [0.15, 0.2) is 13.1 Å². The summed E-state index contributed by atoms with van der Waals surface area (Å²) < 4.78 is 5.10. The Morgan fingerprint density at radius 3 is 2.26 bits per heavy atom. The van der Waals surface area contributed by atoms with Crippen molar-refractivity contribution in [2.24, 2.45) is 0 Å². The second-order valence-electron chi connectivity index (χ2n) is 5.50. The number of quaternary nitrogens is 1. The molecule has 0 aliphatic rings. The van der Waals surface area contributed by atoms with Gasteiger partial charge in [-0.2, -0.15) is 0 Å². The summed E-state index contributed by atoms with van der Waals surface area (Å²) in [7, 11) is 3.48. The Morgan fingerprint density at radius 1 is 1.13 bits per heavy atom. The van der Waals surface area contributed by atoms with E-state index in [-0.39, 0.29) is 18.4 Å². The lowest BCUT2D eigenvalue weighted by molar-refractivity contribution is -0.863. The van der Waals surface area contributed by atoms with Crippen LogP contribution >= 0.6 is 0 Å². The quantitative estimate of drug-likeness (QED) is 0.656. The van der Waals surface area contributed by atoms with Crippen molar-refractivity contribution in [2.45, 2.75) is 20.4 Å². The molecular formula is C17H28N3O3+. The fourth-order valence-corrected chi connectivity index (χ4v) is 2.29. The average Bonchev–Trinajstić information content (AvgIpc) is 2.54. The van der Waals surface area contributed by atoms with E-state index in [9.17, 15) is 9.59 Å². The zero-order chi connectivity index (χ0) is 17.2. The summed E-state index contributed by atoms with van der Waals surface area (Å²) in [6.07, 6.45) is 0. The Morgan fingerprint density at radius 2 is 1.74 bits per heavy atom. The van der Waals surface area contributed by atoms with Gasteiger partial charge in [0, 0.05) is 19.6 Å². The van der Waals surface area contributed by atoms with Gasteiger partial charge in [0.05, 0.1) is 14.2 Å². The van der Waals surface area contributed by atoms with Crippen molar-refractivity contribution in [3.05, 3.63) is 29.8 Å². The third-order valence-corrected chi connectivity index (χ3v) is 3.68. The van der Waals surface area contributed by atoms with Crippen molar-refractivity contribution in [2.75, 3.05) is 40.3 Å². The second-order valence-corrected chi connectivity index (χ2v) is 5.50. The number of nitrogens with one attached hydrogen (secondary N) is 2. The minimum absolute atomic E-state index is 0.0642. The lowest BCUT2D eigenvalue weighted by atomic mass is 10.2. The maximum absolute atomic E-state index is 12.0. The van der Waals surface area contributed by atoms with Gasteiger partial charge in [0.1, 0.15) is 5.75 Å². The van der Waals surface area contributed by atoms with Crippen molar-refractivity contribution >= 4 is 11.8 Å². The standard InChI is InChI=1S/C17H27N3O3/c1-5-20(6-2)17(22)13-19(3)12-16(21)18-11-14-7-9-15(23-4)10-8-14/h7-10H,5-6,11-13H2,1-4H3,(H,18,21)/p+1. The molecule has 0 fully saturated rings. The average molecular weight is 322 g/mol. The molecule has 1 unspecified atom stereocenters. The smallest absolute Gasteiger partial charge is 0.277 e. The molecule has 2 amide bonds. The molecule has 23 heavy (non-hydrogen) atoms. The fourth-order valence-electron chi connectivity index (χ4n) is 2.29. The Kier molecular flexibility index (Phi) is 8.11. The van der Waals surface area contributed by atoms with Gasteiger partial charge in [-0.15, -0.1) is 0 Å². The van der Waals surface area contributed by atoms with Gasteiger partial charge in [-0.1, -0.05) is 12.1 Å². The van der Waals surface area contributed by atoms with Gasteiger partial charge in [-0.05, 0) is 31.5 Å². The lowest BCUT2D eigenvalue weighted by Gasteiger charge is -2.20. The van der Waals surface area contributed by atoms with Crippen LogP contribution in [-0.4, -0.2) is 57.1 Å². The third-order valence-electron chi connectivity index (χ3n) is 3.68. The molecule has 0 spiro atoms. The minimum Gasteiger partial charge on any atom is -0.497 e. The third kappa shape index (κ3) is 6.69. The summed E-state index contributed by atoms with van der Waals surface area (Å²) in [6.45, 7) is 6.40. The van der Waals surface area contributed by atoms with Crippen LogP contribution in [-0.2, 0) is 16.1 Å². The largest absolute Gasteiger partial charge is 0.497 e. The first-order chi connectivity index (χ1) is 11.0. The number of likely N-dealkylation sites (N-methyl/N-ethyl adjacent to an activating group) is 2. The summed E-state index contributed by atoms with van der Waals surface area (Å²) in [5.74, 6) is 0.806. The van der Waals surface area contributed by atoms with Crippen molar-refractivity contribution in [1.29, 1.82) is 0 Å². The number of methoxy groups -OCH3 is 1. The van der Waals surface area contributed by atoms with Gasteiger partial charge in [0.2, 0.25) is 0 Å². The van der Waals surface area contributed by atoms with Crippen LogP contribution in [0.2, 0.25) is 0 Å². The molecule has 128 valence electrons. The molecule has 1 rings (SSSR count). The Hall–Kier alpha value is -2.08. The first kappa shape index (κ1) is 19.0. The molecule has 0 bridgehead atoms. The van der Waals surface area contributed by atoms with E-state index >= 15 is 0 Å². The van der Waals surface area contributed by atoms with Crippen molar-refractivity contribution in [1.82, 2.24) is 10.2 Å². The van der Waals surface area contributed by atoms with E-state index < -0.39 is 0 Å². The summed E-state index contributed by atoms with van der Waals surface area (Å²) >= 11 is 0. The van der Waals surface area contributed by atoms with Crippen molar-refractivity contribution in [3.8, 4) is 5.75 Å². The normalized spacial score (nSPS) is 11.7. The number of ether oxygens (including phenoxy) is 1. The maximum Gasteiger partial charge on any atom is 0.277 e. The van der Waals surface area contributed by atoms with Crippen LogP contribution in [0.5, 0.6) is 5.75 Å². The van der Waals surface area contributed by atoms with Crippen molar-refractivity contribution < 1.29 is 19.2 Å². The van der Waals surface area contributed by atoms with E-state index in [1.165, 1.54) is 0 Å². The van der Waals surface area contributed by atoms with Gasteiger partial charge in [0.25, 0.3) is 11.8 Å². The number of hydrogen-bond donors (Lipinski definition) is 2. The molecule has 0 aliphatic heterocycles. The van der Waals surface area contributed by atoms with E-state index in [2.05, 4.69) is 5.32 Å². The highest BCUT2D eigenvalue weighted by atomic mass is 16.5. The Bertz CT molecular complexity index is 498. The highest BCUT2D eigenvalue weighted by Gasteiger charge is 2.17. The molecule has 0 saturated carbocycles. The SMILES string of the molecule is CCN(CC)C(=O)C[NH+](C)CC(=O)NCc1ccc(OC)cc1. The van der Waals surface area contributed by atoms with Crippen LogP contribution in [0.25, 0.3) is 0 Å². The molecule has 2 N–H and O–H groups in total. The zero-order valence-corrected chi connectivity index (χ0v) is 14.5. The number of rotatable bonds is 9. The molecule has 1 atom stereocenters. The highest BCUT2D eigenvalue weighted by molar-refractivity contribution is 5.79. The van der Waals surface area contributed by atoms with Crippen LogP contribution < -0.4 is 15.0 Å². The topological polar surface area (TPSA) is 63.1 Å². The molecule has 1 aromatic rings. The molecule has 0 radical (unpaired) electrons. The number of nitrogens with zero attached hydrogens (tertiary/aromatic N) is 1. The minimum atomic E-state index is -0.0642. The Balaban J connectivity index is 2.36. The lowest BCUT2D eigenvalue weighted by Crippen LogP contribution is -3.11. The van der Waals surface area contributed by atoms with Crippen molar-refractivity contribution in [3.63, 3.8) is 0 Å². The van der Waals surface area contributed by atoms with E-state index in [0.717, 1.165) is 16.2 Å². The molecule has 0 aromatic heterocycles. The zero-order valence-electron chi connectivity index (χ0n) is 14.5. The summed E-state index contributed by atoms with van der Waals surface area (Å²) in [5, 5.41) is 2.87. The van der Waals surface area contributed by atoms with Crippen LogP contribution in [0.1, 0.15) is 19.4 Å². The summed E-state index contributed by atoms with van der Waals surface area (Å²) in [6, 6.07) is 7.56. The number of benzene rings is 1. The van der Waals surface area contributed by atoms with Crippen LogP contribution in [0.3, 0.4) is 0 Å². The van der Waals surface area contributed by atoms with Crippen LogP contribution in [0.4, 0.5) is 0 Å².